The number of aryl methyl sites for hydroxylation is 4. The van der Waals surface area contributed by atoms with E-state index in [1.54, 1.807) is 11.7 Å². The Bertz CT molecular complexity index is 1170. The zero-order chi connectivity index (χ0) is 22.7. The number of ether oxygens (including phenoxy) is 1. The number of hydrogen-bond donors (Lipinski definition) is 1. The molecule has 2 heterocycles. The zero-order valence-corrected chi connectivity index (χ0v) is 20.5. The van der Waals surface area contributed by atoms with Crippen molar-refractivity contribution in [2.75, 3.05) is 19.5 Å². The molecule has 0 radical (unpaired) electrons. The topological polar surface area (TPSA) is 73.2 Å². The first-order valence-electron chi connectivity index (χ1n) is 10.3. The van der Waals surface area contributed by atoms with E-state index in [0.717, 1.165) is 38.5 Å². The second kappa shape index (κ2) is 9.97. The highest BCUT2D eigenvalue weighted by atomic mass is 32.2. The summed E-state index contributed by atoms with van der Waals surface area (Å²) < 4.78 is 6.72. The number of thiophene rings is 1. The van der Waals surface area contributed by atoms with Crippen molar-refractivity contribution in [3.05, 3.63) is 50.1 Å². The van der Waals surface area contributed by atoms with Gasteiger partial charge in [-0.1, -0.05) is 24.8 Å². The van der Waals surface area contributed by atoms with Crippen molar-refractivity contribution >= 4 is 39.2 Å². The largest absolute Gasteiger partial charge is 0.383 e. The monoisotopic (exact) mass is 459 g/mol. The van der Waals surface area contributed by atoms with E-state index >= 15 is 0 Å². The molecular weight excluding hydrogens is 430 g/mol. The van der Waals surface area contributed by atoms with E-state index < -0.39 is 0 Å². The van der Waals surface area contributed by atoms with Crippen molar-refractivity contribution < 1.29 is 9.53 Å². The summed E-state index contributed by atoms with van der Waals surface area (Å²) in [6.07, 6.45) is 0.780. The summed E-state index contributed by atoms with van der Waals surface area (Å²) >= 11 is 2.82. The van der Waals surface area contributed by atoms with Crippen molar-refractivity contribution in [3.8, 4) is 5.69 Å². The molecule has 1 aromatic carbocycles. The van der Waals surface area contributed by atoms with Crippen LogP contribution in [-0.4, -0.2) is 41.0 Å². The van der Waals surface area contributed by atoms with Gasteiger partial charge in [-0.15, -0.1) is 11.3 Å². The van der Waals surface area contributed by atoms with E-state index in [9.17, 15) is 9.59 Å². The lowest BCUT2D eigenvalue weighted by Gasteiger charge is -2.15. The van der Waals surface area contributed by atoms with E-state index in [1.165, 1.54) is 23.1 Å². The molecule has 1 N–H and O–H groups in total. The van der Waals surface area contributed by atoms with Gasteiger partial charge in [0.05, 0.1) is 23.4 Å². The molecule has 1 atom stereocenters. The quantitative estimate of drug-likeness (QED) is 0.404. The predicted molar refractivity (Wildman–Crippen MR) is 129 cm³/mol. The number of benzene rings is 1. The molecule has 3 aromatic rings. The number of amides is 1. The van der Waals surface area contributed by atoms with Crippen LogP contribution in [-0.2, 0) is 16.0 Å². The summed E-state index contributed by atoms with van der Waals surface area (Å²) in [4.78, 5) is 32.7. The van der Waals surface area contributed by atoms with Crippen LogP contribution in [0.4, 0.5) is 0 Å². The first-order chi connectivity index (χ1) is 14.8. The van der Waals surface area contributed by atoms with Crippen LogP contribution in [0.5, 0.6) is 0 Å². The van der Waals surface area contributed by atoms with E-state index in [0.29, 0.717) is 17.1 Å². The molecule has 0 saturated heterocycles. The Morgan fingerprint density at radius 2 is 2.03 bits per heavy atom. The third kappa shape index (κ3) is 5.02. The van der Waals surface area contributed by atoms with Gasteiger partial charge in [0.1, 0.15) is 4.83 Å². The molecule has 0 aliphatic heterocycles. The fourth-order valence-electron chi connectivity index (χ4n) is 3.55. The molecule has 8 heteroatoms. The van der Waals surface area contributed by atoms with E-state index in [1.807, 2.05) is 45.9 Å². The molecule has 2 aromatic heterocycles. The molecular formula is C23H29N3O3S2. The zero-order valence-electron chi connectivity index (χ0n) is 18.9. The maximum atomic E-state index is 13.6. The second-order valence-electron chi connectivity index (χ2n) is 7.69. The fraction of sp³-hybridized carbons (Fsp3) is 0.435. The van der Waals surface area contributed by atoms with Gasteiger partial charge in [-0.05, 0) is 62.9 Å². The van der Waals surface area contributed by atoms with Crippen LogP contribution in [0.2, 0.25) is 0 Å². The molecule has 0 saturated carbocycles. The minimum absolute atomic E-state index is 0.0786. The number of aromatic nitrogens is 2. The van der Waals surface area contributed by atoms with Gasteiger partial charge in [0.25, 0.3) is 5.56 Å². The molecule has 3 rings (SSSR count). The van der Waals surface area contributed by atoms with Gasteiger partial charge in [-0.25, -0.2) is 4.98 Å². The van der Waals surface area contributed by atoms with Gasteiger partial charge in [0.2, 0.25) is 5.91 Å². The number of thioether (sulfide) groups is 1. The number of nitrogens with one attached hydrogen (secondary N) is 1. The number of rotatable bonds is 8. The molecule has 6 nitrogen and oxygen atoms in total. The van der Waals surface area contributed by atoms with Crippen LogP contribution in [0, 0.1) is 20.8 Å². The summed E-state index contributed by atoms with van der Waals surface area (Å²) in [6.45, 7) is 10.5. The number of carbonyl (C=O) groups excluding carboxylic acids is 1. The maximum absolute atomic E-state index is 13.6. The number of carbonyl (C=O) groups is 1. The van der Waals surface area contributed by atoms with E-state index in [-0.39, 0.29) is 23.3 Å². The molecule has 0 aliphatic carbocycles. The van der Waals surface area contributed by atoms with Gasteiger partial charge in [0, 0.05) is 18.0 Å². The van der Waals surface area contributed by atoms with Crippen LogP contribution < -0.4 is 10.9 Å². The summed E-state index contributed by atoms with van der Waals surface area (Å²) in [5.74, 6) is 0.0501. The number of fused-ring (bicyclic) bond motifs is 1. The van der Waals surface area contributed by atoms with Crippen molar-refractivity contribution in [1.82, 2.24) is 14.9 Å². The highest BCUT2D eigenvalue weighted by molar-refractivity contribution is 7.99. The van der Waals surface area contributed by atoms with Crippen molar-refractivity contribution in [2.45, 2.75) is 52.2 Å². The van der Waals surface area contributed by atoms with Crippen LogP contribution in [0.3, 0.4) is 0 Å². The van der Waals surface area contributed by atoms with Gasteiger partial charge in [-0.2, -0.15) is 0 Å². The number of nitrogens with zero attached hydrogens (tertiary/aromatic N) is 2. The molecule has 166 valence electrons. The summed E-state index contributed by atoms with van der Waals surface area (Å²) in [6, 6.07) is 5.86. The Morgan fingerprint density at radius 3 is 2.68 bits per heavy atom. The lowest BCUT2D eigenvalue weighted by atomic mass is 10.1. The first-order valence-corrected chi connectivity index (χ1v) is 12.1. The van der Waals surface area contributed by atoms with Crippen molar-refractivity contribution in [1.29, 1.82) is 0 Å². The minimum Gasteiger partial charge on any atom is -0.383 e. The average Bonchev–Trinajstić information content (AvgIpc) is 3.04. The Labute approximate surface area is 191 Å². The first kappa shape index (κ1) is 23.5. The molecule has 0 spiro atoms. The molecule has 31 heavy (non-hydrogen) atoms. The number of methoxy groups -OCH3 is 1. The highest BCUT2D eigenvalue weighted by Gasteiger charge is 2.20. The van der Waals surface area contributed by atoms with Crippen LogP contribution in [0.25, 0.3) is 15.9 Å². The van der Waals surface area contributed by atoms with Gasteiger partial charge < -0.3 is 10.1 Å². The fourth-order valence-corrected chi connectivity index (χ4v) is 5.53. The van der Waals surface area contributed by atoms with Crippen LogP contribution in [0.15, 0.2) is 28.2 Å². The second-order valence-corrected chi connectivity index (χ2v) is 9.83. The Morgan fingerprint density at radius 1 is 1.29 bits per heavy atom. The third-order valence-electron chi connectivity index (χ3n) is 5.25. The Hall–Kier alpha value is -2.16. The normalized spacial score (nSPS) is 12.3. The van der Waals surface area contributed by atoms with Crippen LogP contribution in [0.1, 0.15) is 35.4 Å². The maximum Gasteiger partial charge on any atom is 0.267 e. The standard InChI is InChI=1S/C23H29N3O3S2/c1-7-18-16(5)31-21-20(18)22(28)26(17-9-8-13(2)14(3)10-17)23(25-21)30-12-19(27)24-15(4)11-29-6/h8-10,15H,7,11-12H2,1-6H3,(H,24,27). The van der Waals surface area contributed by atoms with Crippen molar-refractivity contribution in [2.24, 2.45) is 0 Å². The van der Waals surface area contributed by atoms with Gasteiger partial charge in [0.15, 0.2) is 5.16 Å². The number of hydrogen-bond acceptors (Lipinski definition) is 6. The van der Waals surface area contributed by atoms with Crippen molar-refractivity contribution in [3.63, 3.8) is 0 Å². The lowest BCUT2D eigenvalue weighted by molar-refractivity contribution is -0.119. The molecule has 0 aliphatic rings. The summed E-state index contributed by atoms with van der Waals surface area (Å²) in [5.41, 5.74) is 4.00. The Kier molecular flexibility index (Phi) is 7.56. The Balaban J connectivity index is 2.07. The van der Waals surface area contributed by atoms with Crippen LogP contribution >= 0.6 is 23.1 Å². The summed E-state index contributed by atoms with van der Waals surface area (Å²) in [5, 5.41) is 4.12. The lowest BCUT2D eigenvalue weighted by Crippen LogP contribution is -2.36. The SMILES string of the molecule is CCc1c(C)sc2nc(SCC(=O)NC(C)COC)n(-c3ccc(C)c(C)c3)c(=O)c12. The highest BCUT2D eigenvalue weighted by Crippen LogP contribution is 2.30. The molecule has 1 unspecified atom stereocenters. The smallest absolute Gasteiger partial charge is 0.267 e. The predicted octanol–water partition coefficient (Wildman–Crippen LogP) is 4.18. The third-order valence-corrected chi connectivity index (χ3v) is 7.23. The molecule has 1 amide bonds. The molecule has 0 bridgehead atoms. The van der Waals surface area contributed by atoms with E-state index in [2.05, 4.69) is 12.2 Å². The molecule has 0 fully saturated rings. The summed E-state index contributed by atoms with van der Waals surface area (Å²) in [7, 11) is 1.60. The van der Waals surface area contributed by atoms with Gasteiger partial charge in [-0.3, -0.25) is 14.2 Å². The average molecular weight is 460 g/mol. The van der Waals surface area contributed by atoms with E-state index in [4.69, 9.17) is 9.72 Å². The minimum atomic E-state index is -0.118. The van der Waals surface area contributed by atoms with Gasteiger partial charge >= 0.3 is 0 Å².